The Morgan fingerprint density at radius 1 is 1.45 bits per heavy atom. The van der Waals surface area contributed by atoms with Crippen molar-refractivity contribution in [1.82, 2.24) is 5.32 Å². The van der Waals surface area contributed by atoms with Gasteiger partial charge in [0.1, 0.15) is 0 Å². The molecule has 2 aliphatic rings. The summed E-state index contributed by atoms with van der Waals surface area (Å²) in [4.78, 5) is 12.3. The smallest absolute Gasteiger partial charge is 0.225 e. The van der Waals surface area contributed by atoms with Gasteiger partial charge in [0.2, 0.25) is 5.91 Å². The third-order valence-electron chi connectivity index (χ3n) is 4.47. The SMILES string of the molecule is CC1OCCC1CNC(=O)C1CNc2ccccc2C1. The number of hydrogen-bond acceptors (Lipinski definition) is 3. The highest BCUT2D eigenvalue weighted by atomic mass is 16.5. The van der Waals surface area contributed by atoms with E-state index < -0.39 is 0 Å². The summed E-state index contributed by atoms with van der Waals surface area (Å²) in [7, 11) is 0. The first-order chi connectivity index (χ1) is 9.74. The Hall–Kier alpha value is -1.55. The first-order valence-electron chi connectivity index (χ1n) is 7.45. The van der Waals surface area contributed by atoms with E-state index in [0.29, 0.717) is 5.92 Å². The maximum Gasteiger partial charge on any atom is 0.225 e. The number of fused-ring (bicyclic) bond motifs is 1. The molecular weight excluding hydrogens is 252 g/mol. The predicted octanol–water partition coefficient (Wildman–Crippen LogP) is 1.81. The molecule has 108 valence electrons. The molecule has 0 saturated carbocycles. The van der Waals surface area contributed by atoms with Crippen molar-refractivity contribution in [2.45, 2.75) is 25.9 Å². The highest BCUT2D eigenvalue weighted by Gasteiger charge is 2.27. The molecule has 0 spiro atoms. The first kappa shape index (κ1) is 13.4. The normalized spacial score (nSPS) is 28.6. The van der Waals surface area contributed by atoms with Crippen molar-refractivity contribution in [1.29, 1.82) is 0 Å². The van der Waals surface area contributed by atoms with Gasteiger partial charge < -0.3 is 15.4 Å². The van der Waals surface area contributed by atoms with Crippen LogP contribution in [0.1, 0.15) is 18.9 Å². The van der Waals surface area contributed by atoms with Gasteiger partial charge in [-0.3, -0.25) is 4.79 Å². The van der Waals surface area contributed by atoms with Crippen LogP contribution in [0.3, 0.4) is 0 Å². The van der Waals surface area contributed by atoms with Crippen LogP contribution in [0.25, 0.3) is 0 Å². The van der Waals surface area contributed by atoms with Crippen LogP contribution in [0.2, 0.25) is 0 Å². The average molecular weight is 274 g/mol. The maximum absolute atomic E-state index is 12.3. The highest BCUT2D eigenvalue weighted by Crippen LogP contribution is 2.24. The van der Waals surface area contributed by atoms with Gasteiger partial charge in [-0.15, -0.1) is 0 Å². The summed E-state index contributed by atoms with van der Waals surface area (Å²) in [5, 5.41) is 6.44. The van der Waals surface area contributed by atoms with Crippen LogP contribution in [0.5, 0.6) is 0 Å². The van der Waals surface area contributed by atoms with E-state index in [-0.39, 0.29) is 17.9 Å². The third kappa shape index (κ3) is 2.80. The van der Waals surface area contributed by atoms with Gasteiger partial charge in [0.25, 0.3) is 0 Å². The van der Waals surface area contributed by atoms with Crippen LogP contribution in [0, 0.1) is 11.8 Å². The minimum Gasteiger partial charge on any atom is -0.384 e. The molecular formula is C16H22N2O2. The fraction of sp³-hybridized carbons (Fsp3) is 0.562. The van der Waals surface area contributed by atoms with Crippen LogP contribution in [-0.2, 0) is 16.0 Å². The molecule has 4 nitrogen and oxygen atoms in total. The monoisotopic (exact) mass is 274 g/mol. The minimum atomic E-state index is 0.0301. The largest absolute Gasteiger partial charge is 0.384 e. The lowest BCUT2D eigenvalue weighted by Gasteiger charge is -2.26. The molecule has 3 unspecified atom stereocenters. The van der Waals surface area contributed by atoms with Gasteiger partial charge in [-0.05, 0) is 31.4 Å². The van der Waals surface area contributed by atoms with E-state index in [4.69, 9.17) is 4.74 Å². The summed E-state index contributed by atoms with van der Waals surface area (Å²) in [6.07, 6.45) is 2.14. The van der Waals surface area contributed by atoms with Crippen molar-refractivity contribution in [3.05, 3.63) is 29.8 Å². The van der Waals surface area contributed by atoms with Crippen molar-refractivity contribution in [3.8, 4) is 0 Å². The quantitative estimate of drug-likeness (QED) is 0.884. The predicted molar refractivity (Wildman–Crippen MR) is 78.7 cm³/mol. The summed E-state index contributed by atoms with van der Waals surface area (Å²) in [5.41, 5.74) is 2.39. The van der Waals surface area contributed by atoms with E-state index in [1.165, 1.54) is 5.56 Å². The molecule has 0 radical (unpaired) electrons. The number of ether oxygens (including phenoxy) is 1. The number of anilines is 1. The number of carbonyl (C=O) groups is 1. The van der Waals surface area contributed by atoms with Gasteiger partial charge in [0, 0.05) is 31.3 Å². The van der Waals surface area contributed by atoms with Crippen LogP contribution >= 0.6 is 0 Å². The molecule has 2 aliphatic heterocycles. The molecule has 3 atom stereocenters. The van der Waals surface area contributed by atoms with Crippen molar-refractivity contribution >= 4 is 11.6 Å². The summed E-state index contributed by atoms with van der Waals surface area (Å²) in [6, 6.07) is 8.21. The number of amides is 1. The number of hydrogen-bond donors (Lipinski definition) is 2. The number of nitrogens with one attached hydrogen (secondary N) is 2. The Labute approximate surface area is 119 Å². The summed E-state index contributed by atoms with van der Waals surface area (Å²) in [6.45, 7) is 4.36. The molecule has 3 rings (SSSR count). The molecule has 2 N–H and O–H groups in total. The van der Waals surface area contributed by atoms with E-state index >= 15 is 0 Å². The van der Waals surface area contributed by atoms with Gasteiger partial charge in [-0.2, -0.15) is 0 Å². The molecule has 1 aromatic rings. The Morgan fingerprint density at radius 3 is 3.10 bits per heavy atom. The van der Waals surface area contributed by atoms with E-state index in [0.717, 1.165) is 38.2 Å². The van der Waals surface area contributed by atoms with E-state index in [1.807, 2.05) is 12.1 Å². The fourth-order valence-electron chi connectivity index (χ4n) is 3.05. The molecule has 1 aromatic carbocycles. The zero-order valence-electron chi connectivity index (χ0n) is 11.9. The van der Waals surface area contributed by atoms with E-state index in [1.54, 1.807) is 0 Å². The zero-order chi connectivity index (χ0) is 13.9. The second-order valence-corrected chi connectivity index (χ2v) is 5.81. The highest BCUT2D eigenvalue weighted by molar-refractivity contribution is 5.80. The summed E-state index contributed by atoms with van der Waals surface area (Å²) >= 11 is 0. The molecule has 0 bridgehead atoms. The Kier molecular flexibility index (Phi) is 3.92. The molecule has 4 heteroatoms. The molecule has 20 heavy (non-hydrogen) atoms. The lowest BCUT2D eigenvalue weighted by atomic mass is 9.93. The minimum absolute atomic E-state index is 0.0301. The molecule has 2 heterocycles. The first-order valence-corrected chi connectivity index (χ1v) is 7.45. The lowest BCUT2D eigenvalue weighted by Crippen LogP contribution is -2.40. The fourth-order valence-corrected chi connectivity index (χ4v) is 3.05. The Bertz CT molecular complexity index is 489. The average Bonchev–Trinajstić information content (AvgIpc) is 2.89. The zero-order valence-corrected chi connectivity index (χ0v) is 11.9. The summed E-state index contributed by atoms with van der Waals surface area (Å²) in [5.74, 6) is 0.649. The van der Waals surface area contributed by atoms with Crippen molar-refractivity contribution in [3.63, 3.8) is 0 Å². The van der Waals surface area contributed by atoms with E-state index in [2.05, 4.69) is 29.7 Å². The second kappa shape index (κ2) is 5.83. The third-order valence-corrected chi connectivity index (χ3v) is 4.47. The van der Waals surface area contributed by atoms with Gasteiger partial charge in [0.05, 0.1) is 12.0 Å². The topological polar surface area (TPSA) is 50.4 Å². The summed E-state index contributed by atoms with van der Waals surface area (Å²) < 4.78 is 5.53. The van der Waals surface area contributed by atoms with Crippen molar-refractivity contribution in [2.75, 3.05) is 25.0 Å². The second-order valence-electron chi connectivity index (χ2n) is 5.81. The lowest BCUT2D eigenvalue weighted by molar-refractivity contribution is -0.124. The van der Waals surface area contributed by atoms with Gasteiger partial charge in [-0.1, -0.05) is 18.2 Å². The molecule has 1 saturated heterocycles. The van der Waals surface area contributed by atoms with Crippen LogP contribution < -0.4 is 10.6 Å². The number of benzene rings is 1. The molecule has 0 aromatic heterocycles. The standard InChI is InChI=1S/C16H22N2O2/c1-11-13(6-7-20-11)9-18-16(19)14-8-12-4-2-3-5-15(12)17-10-14/h2-5,11,13-14,17H,6-10H2,1H3,(H,18,19). The number of carbonyl (C=O) groups excluding carboxylic acids is 1. The maximum atomic E-state index is 12.3. The van der Waals surface area contributed by atoms with Crippen LogP contribution in [0.4, 0.5) is 5.69 Å². The Morgan fingerprint density at radius 2 is 2.30 bits per heavy atom. The van der Waals surface area contributed by atoms with Crippen LogP contribution in [-0.4, -0.2) is 31.7 Å². The van der Waals surface area contributed by atoms with Gasteiger partial charge >= 0.3 is 0 Å². The van der Waals surface area contributed by atoms with Crippen molar-refractivity contribution < 1.29 is 9.53 Å². The number of para-hydroxylation sites is 1. The molecule has 1 amide bonds. The van der Waals surface area contributed by atoms with Crippen molar-refractivity contribution in [2.24, 2.45) is 11.8 Å². The number of rotatable bonds is 3. The Balaban J connectivity index is 1.54. The molecule has 1 fully saturated rings. The van der Waals surface area contributed by atoms with Gasteiger partial charge in [-0.25, -0.2) is 0 Å². The van der Waals surface area contributed by atoms with E-state index in [9.17, 15) is 4.79 Å². The van der Waals surface area contributed by atoms with Crippen LogP contribution in [0.15, 0.2) is 24.3 Å². The van der Waals surface area contributed by atoms with Gasteiger partial charge in [0.15, 0.2) is 0 Å². The molecule has 0 aliphatic carbocycles.